The molecular weight excluding hydrogens is 330 g/mol. The molecule has 1 saturated carbocycles. The molecule has 23 heavy (non-hydrogen) atoms. The highest BCUT2D eigenvalue weighted by molar-refractivity contribution is 7.15. The molecule has 0 unspecified atom stereocenters. The van der Waals surface area contributed by atoms with Crippen molar-refractivity contribution < 1.29 is 4.79 Å². The molecule has 0 saturated heterocycles. The van der Waals surface area contributed by atoms with E-state index in [1.54, 1.807) is 11.3 Å². The Hall–Kier alpha value is -1.43. The van der Waals surface area contributed by atoms with E-state index < -0.39 is 0 Å². The van der Waals surface area contributed by atoms with E-state index in [2.05, 4.69) is 27.8 Å². The molecule has 1 heterocycles. The largest absolute Gasteiger partial charge is 0.350 e. The first-order valence-corrected chi connectivity index (χ1v) is 8.53. The highest BCUT2D eigenvalue weighted by atomic mass is 35.5. The molecule has 0 bridgehead atoms. The first-order valence-electron chi connectivity index (χ1n) is 7.71. The zero-order valence-electron chi connectivity index (χ0n) is 13.2. The van der Waals surface area contributed by atoms with Crippen LogP contribution in [-0.4, -0.2) is 24.0 Å². The summed E-state index contributed by atoms with van der Waals surface area (Å²) in [5.41, 5.74) is 2.12. The first kappa shape index (κ1) is 17.9. The number of rotatable bonds is 7. The van der Waals surface area contributed by atoms with Crippen LogP contribution in [0.1, 0.15) is 23.4 Å². The minimum Gasteiger partial charge on any atom is -0.350 e. The number of thiazole rings is 1. The fourth-order valence-corrected chi connectivity index (χ4v) is 3.26. The molecular formula is C17H22ClN3OS. The van der Waals surface area contributed by atoms with E-state index in [-0.39, 0.29) is 18.3 Å². The van der Waals surface area contributed by atoms with Crippen molar-refractivity contribution in [1.82, 2.24) is 15.6 Å². The van der Waals surface area contributed by atoms with Crippen LogP contribution in [0, 0.1) is 12.8 Å². The summed E-state index contributed by atoms with van der Waals surface area (Å²) in [7, 11) is 0. The average Bonchev–Trinajstić information content (AvgIpc) is 3.28. The fraction of sp³-hybridized carbons (Fsp3) is 0.412. The lowest BCUT2D eigenvalue weighted by Crippen LogP contribution is -2.34. The zero-order valence-corrected chi connectivity index (χ0v) is 14.8. The lowest BCUT2D eigenvalue weighted by Gasteiger charge is -2.05. The molecule has 1 aromatic heterocycles. The van der Waals surface area contributed by atoms with E-state index in [1.807, 2.05) is 25.1 Å². The van der Waals surface area contributed by atoms with E-state index in [0.717, 1.165) is 33.6 Å². The molecule has 1 fully saturated rings. The molecule has 1 aliphatic rings. The second-order valence-corrected chi connectivity index (χ2v) is 6.83. The van der Waals surface area contributed by atoms with Crippen LogP contribution in [0.15, 0.2) is 30.3 Å². The van der Waals surface area contributed by atoms with E-state index in [9.17, 15) is 4.79 Å². The quantitative estimate of drug-likeness (QED) is 0.805. The van der Waals surface area contributed by atoms with Gasteiger partial charge in [0.05, 0.1) is 18.8 Å². The van der Waals surface area contributed by atoms with Gasteiger partial charge in [0.25, 0.3) is 0 Å². The van der Waals surface area contributed by atoms with Crippen LogP contribution in [0.3, 0.4) is 0 Å². The molecule has 0 radical (unpaired) electrons. The Labute approximate surface area is 147 Å². The van der Waals surface area contributed by atoms with Gasteiger partial charge in [-0.15, -0.1) is 23.7 Å². The lowest BCUT2D eigenvalue weighted by molar-refractivity contribution is -0.120. The number of carbonyl (C=O) groups excluding carboxylic acids is 1. The Morgan fingerprint density at radius 1 is 1.30 bits per heavy atom. The van der Waals surface area contributed by atoms with Crippen LogP contribution >= 0.6 is 23.7 Å². The highest BCUT2D eigenvalue weighted by Gasteiger charge is 2.20. The lowest BCUT2D eigenvalue weighted by atomic mass is 10.2. The van der Waals surface area contributed by atoms with Crippen molar-refractivity contribution in [3.8, 4) is 10.6 Å². The van der Waals surface area contributed by atoms with Crippen molar-refractivity contribution >= 4 is 29.7 Å². The third-order valence-electron chi connectivity index (χ3n) is 3.78. The van der Waals surface area contributed by atoms with Crippen LogP contribution in [0.2, 0.25) is 0 Å². The van der Waals surface area contributed by atoms with Crippen molar-refractivity contribution in [2.45, 2.75) is 26.3 Å². The number of aryl methyl sites for hydroxylation is 1. The number of halogens is 1. The molecule has 4 nitrogen and oxygen atoms in total. The Morgan fingerprint density at radius 2 is 2.04 bits per heavy atom. The summed E-state index contributed by atoms with van der Waals surface area (Å²) in [6, 6.07) is 10.1. The molecule has 1 aliphatic carbocycles. The maximum atomic E-state index is 11.8. The molecule has 2 N–H and O–H groups in total. The number of amides is 1. The van der Waals surface area contributed by atoms with Gasteiger partial charge in [-0.1, -0.05) is 30.3 Å². The summed E-state index contributed by atoms with van der Waals surface area (Å²) in [5, 5.41) is 7.18. The van der Waals surface area contributed by atoms with Crippen molar-refractivity contribution in [2.24, 2.45) is 5.92 Å². The number of aromatic nitrogens is 1. The maximum Gasteiger partial charge on any atom is 0.234 e. The Balaban J connectivity index is 0.00000192. The fourth-order valence-electron chi connectivity index (χ4n) is 2.25. The number of nitrogens with one attached hydrogen (secondary N) is 2. The van der Waals surface area contributed by atoms with Gasteiger partial charge in [0.15, 0.2) is 0 Å². The van der Waals surface area contributed by atoms with Gasteiger partial charge in [-0.2, -0.15) is 0 Å². The minimum absolute atomic E-state index is 0. The maximum absolute atomic E-state index is 11.8. The third-order valence-corrected chi connectivity index (χ3v) is 4.98. The molecule has 0 spiro atoms. The number of benzene rings is 1. The van der Waals surface area contributed by atoms with Crippen LogP contribution < -0.4 is 10.6 Å². The third kappa shape index (κ3) is 5.30. The second-order valence-electron chi connectivity index (χ2n) is 5.74. The van der Waals surface area contributed by atoms with Crippen LogP contribution in [0.5, 0.6) is 0 Å². The van der Waals surface area contributed by atoms with E-state index in [4.69, 9.17) is 0 Å². The monoisotopic (exact) mass is 351 g/mol. The molecule has 1 aromatic carbocycles. The average molecular weight is 352 g/mol. The highest BCUT2D eigenvalue weighted by Crippen LogP contribution is 2.28. The SMILES string of the molecule is Cc1nc(-c2ccccc2)sc1CNC(=O)CNCC1CC1.Cl. The van der Waals surface area contributed by atoms with Gasteiger partial charge in [-0.3, -0.25) is 4.79 Å². The Bertz CT molecular complexity index is 641. The van der Waals surface area contributed by atoms with Gasteiger partial charge in [0, 0.05) is 10.4 Å². The molecule has 0 aliphatic heterocycles. The van der Waals surface area contributed by atoms with Crippen molar-refractivity contribution in [1.29, 1.82) is 0 Å². The second kappa shape index (κ2) is 8.43. The summed E-state index contributed by atoms with van der Waals surface area (Å²) < 4.78 is 0. The molecule has 2 aromatic rings. The number of hydrogen-bond acceptors (Lipinski definition) is 4. The number of nitrogens with zero attached hydrogens (tertiary/aromatic N) is 1. The van der Waals surface area contributed by atoms with Crippen molar-refractivity contribution in [2.75, 3.05) is 13.1 Å². The van der Waals surface area contributed by atoms with Gasteiger partial charge in [-0.05, 0) is 32.2 Å². The molecule has 0 atom stereocenters. The normalized spacial score (nSPS) is 13.4. The Kier molecular flexibility index (Phi) is 6.57. The molecule has 124 valence electrons. The Morgan fingerprint density at radius 3 is 2.74 bits per heavy atom. The van der Waals surface area contributed by atoms with E-state index >= 15 is 0 Å². The summed E-state index contributed by atoms with van der Waals surface area (Å²) in [6.07, 6.45) is 2.61. The van der Waals surface area contributed by atoms with Gasteiger partial charge in [-0.25, -0.2) is 4.98 Å². The molecule has 1 amide bonds. The van der Waals surface area contributed by atoms with Gasteiger partial charge >= 0.3 is 0 Å². The van der Waals surface area contributed by atoms with Gasteiger partial charge in [0.2, 0.25) is 5.91 Å². The van der Waals surface area contributed by atoms with Crippen LogP contribution in [0.25, 0.3) is 10.6 Å². The smallest absolute Gasteiger partial charge is 0.234 e. The van der Waals surface area contributed by atoms with Gasteiger partial charge in [0.1, 0.15) is 5.01 Å². The van der Waals surface area contributed by atoms with Crippen molar-refractivity contribution in [3.63, 3.8) is 0 Å². The van der Waals surface area contributed by atoms with E-state index in [1.165, 1.54) is 12.8 Å². The molecule has 6 heteroatoms. The predicted octanol–water partition coefficient (Wildman–Crippen LogP) is 3.16. The van der Waals surface area contributed by atoms with Gasteiger partial charge < -0.3 is 10.6 Å². The van der Waals surface area contributed by atoms with Crippen molar-refractivity contribution in [3.05, 3.63) is 40.9 Å². The van der Waals surface area contributed by atoms with E-state index in [0.29, 0.717) is 13.1 Å². The van der Waals surface area contributed by atoms with Crippen LogP contribution in [-0.2, 0) is 11.3 Å². The topological polar surface area (TPSA) is 54.0 Å². The molecule has 3 rings (SSSR count). The standard InChI is InChI=1S/C17H21N3OS.ClH/c1-12-15(10-19-16(21)11-18-9-13-7-8-13)22-17(20-12)14-5-3-2-4-6-14;/h2-6,13,18H,7-11H2,1H3,(H,19,21);1H. The minimum atomic E-state index is 0. The van der Waals surface area contributed by atoms with Crippen LogP contribution in [0.4, 0.5) is 0 Å². The number of hydrogen-bond donors (Lipinski definition) is 2. The summed E-state index contributed by atoms with van der Waals surface area (Å²) >= 11 is 1.65. The number of carbonyl (C=O) groups is 1. The summed E-state index contributed by atoms with van der Waals surface area (Å²) in [5.74, 6) is 0.847. The summed E-state index contributed by atoms with van der Waals surface area (Å²) in [4.78, 5) is 17.5. The first-order chi connectivity index (χ1) is 10.7. The summed E-state index contributed by atoms with van der Waals surface area (Å²) in [6.45, 7) is 3.92. The predicted molar refractivity (Wildman–Crippen MR) is 97.0 cm³/mol. The zero-order chi connectivity index (χ0) is 15.4.